The van der Waals surface area contributed by atoms with Crippen molar-refractivity contribution in [3.63, 3.8) is 0 Å². The van der Waals surface area contributed by atoms with Gasteiger partial charge in [-0.05, 0) is 19.1 Å². The summed E-state index contributed by atoms with van der Waals surface area (Å²) in [5, 5.41) is 22.6. The van der Waals surface area contributed by atoms with E-state index in [0.29, 0.717) is 22.8 Å². The lowest BCUT2D eigenvalue weighted by atomic mass is 10.2. The van der Waals surface area contributed by atoms with Gasteiger partial charge in [-0.15, -0.1) is 0 Å². The van der Waals surface area contributed by atoms with E-state index < -0.39 is 0 Å². The van der Waals surface area contributed by atoms with E-state index >= 15 is 0 Å². The average Bonchev–Trinajstić information content (AvgIpc) is 2.48. The van der Waals surface area contributed by atoms with Crippen LogP contribution >= 0.6 is 0 Å². The van der Waals surface area contributed by atoms with Gasteiger partial charge in [0.25, 0.3) is 0 Å². The SMILES string of the molecule is CC1=NN(C)C(=N)C1=Nc1ccc(O)cc1N. The molecular weight excluding hydrogens is 218 g/mol. The zero-order valence-corrected chi connectivity index (χ0v) is 9.60. The quantitative estimate of drug-likeness (QED) is 0.636. The smallest absolute Gasteiger partial charge is 0.169 e. The number of hydrogen-bond donors (Lipinski definition) is 3. The molecule has 0 radical (unpaired) electrons. The van der Waals surface area contributed by atoms with Crippen LogP contribution in [0.5, 0.6) is 5.75 Å². The van der Waals surface area contributed by atoms with E-state index in [-0.39, 0.29) is 11.6 Å². The molecule has 88 valence electrons. The molecule has 0 bridgehead atoms. The van der Waals surface area contributed by atoms with E-state index in [1.807, 2.05) is 0 Å². The molecule has 0 aliphatic carbocycles. The fraction of sp³-hybridized carbons (Fsp3) is 0.182. The van der Waals surface area contributed by atoms with Crippen molar-refractivity contribution in [3.05, 3.63) is 18.2 Å². The molecule has 0 fully saturated rings. The zero-order valence-electron chi connectivity index (χ0n) is 9.60. The molecule has 1 aromatic rings. The lowest BCUT2D eigenvalue weighted by molar-refractivity contribution is 0.475. The summed E-state index contributed by atoms with van der Waals surface area (Å²) in [5.41, 5.74) is 7.78. The van der Waals surface area contributed by atoms with Crippen molar-refractivity contribution >= 4 is 28.6 Å². The van der Waals surface area contributed by atoms with Crippen molar-refractivity contribution in [2.75, 3.05) is 12.8 Å². The number of phenols is 1. The van der Waals surface area contributed by atoms with Gasteiger partial charge in [0.15, 0.2) is 5.84 Å². The van der Waals surface area contributed by atoms with E-state index in [0.717, 1.165) is 0 Å². The molecule has 6 heteroatoms. The summed E-state index contributed by atoms with van der Waals surface area (Å²) < 4.78 is 0. The van der Waals surface area contributed by atoms with Crippen LogP contribution in [0.3, 0.4) is 0 Å². The lowest BCUT2D eigenvalue weighted by Gasteiger charge is -2.05. The molecule has 0 saturated carbocycles. The first kappa shape index (κ1) is 11.1. The Morgan fingerprint density at radius 2 is 2.18 bits per heavy atom. The minimum absolute atomic E-state index is 0.0930. The summed E-state index contributed by atoms with van der Waals surface area (Å²) >= 11 is 0. The molecule has 17 heavy (non-hydrogen) atoms. The number of nitrogen functional groups attached to an aromatic ring is 1. The molecule has 1 aliphatic heterocycles. The van der Waals surface area contributed by atoms with Crippen LogP contribution in [0, 0.1) is 5.41 Å². The normalized spacial score (nSPS) is 17.8. The molecule has 0 saturated heterocycles. The van der Waals surface area contributed by atoms with Crippen molar-refractivity contribution < 1.29 is 5.11 Å². The minimum atomic E-state index is 0.0930. The number of benzene rings is 1. The molecule has 0 amide bonds. The Morgan fingerprint density at radius 3 is 2.71 bits per heavy atom. The Morgan fingerprint density at radius 1 is 1.47 bits per heavy atom. The fourth-order valence-electron chi connectivity index (χ4n) is 1.55. The van der Waals surface area contributed by atoms with Crippen LogP contribution in [0.15, 0.2) is 28.3 Å². The maximum absolute atomic E-state index is 9.24. The molecule has 2 rings (SSSR count). The van der Waals surface area contributed by atoms with Gasteiger partial charge in [-0.25, -0.2) is 10.0 Å². The lowest BCUT2D eigenvalue weighted by Crippen LogP contribution is -2.23. The summed E-state index contributed by atoms with van der Waals surface area (Å²) in [6, 6.07) is 4.54. The number of hydrazone groups is 1. The summed E-state index contributed by atoms with van der Waals surface area (Å²) in [4.78, 5) is 4.29. The topological polar surface area (TPSA) is 98.1 Å². The number of nitrogens with two attached hydrogens (primary N) is 1. The summed E-state index contributed by atoms with van der Waals surface area (Å²) in [6.45, 7) is 1.79. The van der Waals surface area contributed by atoms with Crippen LogP contribution in [-0.2, 0) is 0 Å². The molecule has 0 aromatic heterocycles. The van der Waals surface area contributed by atoms with Crippen LogP contribution in [0.2, 0.25) is 0 Å². The number of phenolic OH excluding ortho intramolecular Hbond substituents is 1. The molecule has 1 heterocycles. The Kier molecular flexibility index (Phi) is 2.55. The predicted octanol–water partition coefficient (Wildman–Crippen LogP) is 1.35. The Labute approximate surface area is 98.6 Å². The van der Waals surface area contributed by atoms with Gasteiger partial charge < -0.3 is 10.8 Å². The highest BCUT2D eigenvalue weighted by atomic mass is 16.3. The van der Waals surface area contributed by atoms with Crippen LogP contribution in [-0.4, -0.2) is 34.4 Å². The second-order valence-corrected chi connectivity index (χ2v) is 3.76. The molecular formula is C11H13N5O. The highest BCUT2D eigenvalue weighted by Crippen LogP contribution is 2.26. The number of aromatic hydroxyl groups is 1. The van der Waals surface area contributed by atoms with Gasteiger partial charge in [-0.2, -0.15) is 5.10 Å². The number of hydrogen-bond acceptors (Lipinski definition) is 5. The number of aliphatic imine (C=N–C) groups is 1. The maximum Gasteiger partial charge on any atom is 0.169 e. The first-order valence-electron chi connectivity index (χ1n) is 5.04. The Balaban J connectivity index is 2.44. The van der Waals surface area contributed by atoms with Crippen LogP contribution in [0.25, 0.3) is 0 Å². The molecule has 0 atom stereocenters. The third kappa shape index (κ3) is 1.96. The largest absolute Gasteiger partial charge is 0.508 e. The molecule has 1 aliphatic rings. The van der Waals surface area contributed by atoms with Crippen LogP contribution in [0.1, 0.15) is 6.92 Å². The Hall–Kier alpha value is -2.37. The number of nitrogens with one attached hydrogen (secondary N) is 1. The van der Waals surface area contributed by atoms with Crippen LogP contribution < -0.4 is 5.73 Å². The van der Waals surface area contributed by atoms with Crippen LogP contribution in [0.4, 0.5) is 11.4 Å². The monoisotopic (exact) mass is 231 g/mol. The third-order valence-electron chi connectivity index (χ3n) is 2.43. The van der Waals surface area contributed by atoms with E-state index in [1.165, 1.54) is 17.1 Å². The average molecular weight is 231 g/mol. The number of rotatable bonds is 1. The Bertz CT molecular complexity index is 547. The van der Waals surface area contributed by atoms with Gasteiger partial charge in [-0.1, -0.05) is 0 Å². The summed E-state index contributed by atoms with van der Waals surface area (Å²) in [7, 11) is 1.69. The van der Waals surface area contributed by atoms with Crippen molar-refractivity contribution in [1.82, 2.24) is 5.01 Å². The molecule has 0 unspecified atom stereocenters. The molecule has 1 aromatic carbocycles. The van der Waals surface area contributed by atoms with Crippen molar-refractivity contribution in [1.29, 1.82) is 5.41 Å². The van der Waals surface area contributed by atoms with Gasteiger partial charge in [0.1, 0.15) is 11.5 Å². The molecule has 6 nitrogen and oxygen atoms in total. The first-order chi connectivity index (χ1) is 7.99. The summed E-state index contributed by atoms with van der Waals surface area (Å²) in [6.07, 6.45) is 0. The van der Waals surface area contributed by atoms with Gasteiger partial charge in [-0.3, -0.25) is 5.41 Å². The highest BCUT2D eigenvalue weighted by molar-refractivity contribution is 6.69. The third-order valence-corrected chi connectivity index (χ3v) is 2.43. The highest BCUT2D eigenvalue weighted by Gasteiger charge is 2.22. The van der Waals surface area contributed by atoms with Crippen molar-refractivity contribution in [2.45, 2.75) is 6.92 Å². The van der Waals surface area contributed by atoms with E-state index in [4.69, 9.17) is 11.1 Å². The number of amidine groups is 1. The van der Waals surface area contributed by atoms with Crippen molar-refractivity contribution in [3.8, 4) is 5.75 Å². The molecule has 4 N–H and O–H groups in total. The van der Waals surface area contributed by atoms with Gasteiger partial charge in [0.2, 0.25) is 0 Å². The first-order valence-corrected chi connectivity index (χ1v) is 5.04. The van der Waals surface area contributed by atoms with Gasteiger partial charge in [0, 0.05) is 13.1 Å². The van der Waals surface area contributed by atoms with Gasteiger partial charge in [0.05, 0.1) is 17.1 Å². The van der Waals surface area contributed by atoms with Gasteiger partial charge >= 0.3 is 0 Å². The second-order valence-electron chi connectivity index (χ2n) is 3.76. The fourth-order valence-corrected chi connectivity index (χ4v) is 1.55. The maximum atomic E-state index is 9.24. The van der Waals surface area contributed by atoms with E-state index in [1.54, 1.807) is 20.0 Å². The predicted molar refractivity (Wildman–Crippen MR) is 68.2 cm³/mol. The number of nitrogens with zero attached hydrogens (tertiary/aromatic N) is 3. The number of anilines is 1. The second kappa shape index (κ2) is 3.89. The van der Waals surface area contributed by atoms with Crippen molar-refractivity contribution in [2.24, 2.45) is 10.1 Å². The summed E-state index contributed by atoms with van der Waals surface area (Å²) in [5.74, 6) is 0.324. The standard InChI is InChI=1S/C11H13N5O/c1-6-10(11(13)16(2)15-6)14-9-4-3-7(17)5-8(9)12/h3-5,13,17H,12H2,1-2H3. The minimum Gasteiger partial charge on any atom is -0.508 e. The van der Waals surface area contributed by atoms with E-state index in [9.17, 15) is 5.11 Å². The zero-order chi connectivity index (χ0) is 12.6. The molecule has 0 spiro atoms. The van der Waals surface area contributed by atoms with E-state index in [2.05, 4.69) is 10.1 Å².